The van der Waals surface area contributed by atoms with Gasteiger partial charge in [0.1, 0.15) is 0 Å². The van der Waals surface area contributed by atoms with Crippen LogP contribution in [0.25, 0.3) is 0 Å². The van der Waals surface area contributed by atoms with Crippen molar-refractivity contribution in [3.63, 3.8) is 0 Å². The van der Waals surface area contributed by atoms with Crippen molar-refractivity contribution in [1.82, 2.24) is 10.2 Å². The molecular formula is C13H19Cl2IN2. The first-order valence-electron chi connectivity index (χ1n) is 5.64. The van der Waals surface area contributed by atoms with E-state index in [1.54, 1.807) is 0 Å². The summed E-state index contributed by atoms with van der Waals surface area (Å²) in [5, 5.41) is 3.38. The molecule has 0 bridgehead atoms. The Bertz CT molecular complexity index is 351. The molecule has 0 saturated carbocycles. The minimum Gasteiger partial charge on any atom is -0.314 e. The molecule has 2 rings (SSSR count). The van der Waals surface area contributed by atoms with Gasteiger partial charge in [0.05, 0.1) is 6.04 Å². The standard InChI is InChI=1S/C13H17IN2.2ClH/c1-2-13(16-9-7-15-8-10-16)11-3-5-12(14)6-4-11;;/h2-6,13,15H,1,7-10H2;2*1H/t13-;;/m1../s1. The Hall–Kier alpha value is 0.190. The molecule has 1 saturated heterocycles. The van der Waals surface area contributed by atoms with Crippen LogP contribution in [0, 0.1) is 3.57 Å². The lowest BCUT2D eigenvalue weighted by atomic mass is 10.0. The lowest BCUT2D eigenvalue weighted by Crippen LogP contribution is -2.44. The lowest BCUT2D eigenvalue weighted by molar-refractivity contribution is 0.203. The van der Waals surface area contributed by atoms with E-state index in [1.165, 1.54) is 9.13 Å². The van der Waals surface area contributed by atoms with Gasteiger partial charge in [-0.2, -0.15) is 0 Å². The Morgan fingerprint density at radius 2 is 1.72 bits per heavy atom. The third kappa shape index (κ3) is 4.70. The summed E-state index contributed by atoms with van der Waals surface area (Å²) in [6, 6.07) is 9.09. The number of nitrogens with one attached hydrogen (secondary N) is 1. The highest BCUT2D eigenvalue weighted by molar-refractivity contribution is 14.1. The molecular weight excluding hydrogens is 382 g/mol. The van der Waals surface area contributed by atoms with Gasteiger partial charge < -0.3 is 5.32 Å². The highest BCUT2D eigenvalue weighted by Crippen LogP contribution is 2.22. The normalized spacial score (nSPS) is 17.2. The smallest absolute Gasteiger partial charge is 0.0529 e. The first kappa shape index (κ1) is 18.2. The zero-order valence-electron chi connectivity index (χ0n) is 10.1. The molecule has 2 nitrogen and oxygen atoms in total. The number of piperazine rings is 1. The van der Waals surface area contributed by atoms with Crippen molar-refractivity contribution in [2.75, 3.05) is 26.2 Å². The molecule has 0 radical (unpaired) electrons. The maximum atomic E-state index is 3.97. The minimum atomic E-state index is 0. The summed E-state index contributed by atoms with van der Waals surface area (Å²) >= 11 is 2.34. The number of hydrogen-bond donors (Lipinski definition) is 1. The summed E-state index contributed by atoms with van der Waals surface area (Å²) in [6.45, 7) is 8.33. The second-order valence-electron chi connectivity index (χ2n) is 4.02. The molecule has 1 atom stereocenters. The molecule has 0 aliphatic carbocycles. The van der Waals surface area contributed by atoms with Crippen LogP contribution in [0.4, 0.5) is 0 Å². The third-order valence-corrected chi connectivity index (χ3v) is 3.70. The van der Waals surface area contributed by atoms with Gasteiger partial charge in [0.15, 0.2) is 0 Å². The molecule has 1 aromatic carbocycles. The van der Waals surface area contributed by atoms with Gasteiger partial charge in [0, 0.05) is 29.7 Å². The predicted octanol–water partition coefficient (Wildman–Crippen LogP) is 3.27. The molecule has 0 spiro atoms. The number of hydrogen-bond acceptors (Lipinski definition) is 2. The van der Waals surface area contributed by atoms with Gasteiger partial charge in [-0.05, 0) is 40.3 Å². The molecule has 1 N–H and O–H groups in total. The van der Waals surface area contributed by atoms with Crippen molar-refractivity contribution < 1.29 is 0 Å². The van der Waals surface area contributed by atoms with Crippen molar-refractivity contribution >= 4 is 47.4 Å². The van der Waals surface area contributed by atoms with Crippen molar-refractivity contribution in [2.45, 2.75) is 6.04 Å². The lowest BCUT2D eigenvalue weighted by Gasteiger charge is -2.33. The summed E-state index contributed by atoms with van der Waals surface area (Å²) in [5.41, 5.74) is 1.34. The van der Waals surface area contributed by atoms with Crippen LogP contribution < -0.4 is 5.32 Å². The molecule has 1 heterocycles. The van der Waals surface area contributed by atoms with E-state index in [9.17, 15) is 0 Å². The van der Waals surface area contributed by atoms with Crippen molar-refractivity contribution in [2.24, 2.45) is 0 Å². The highest BCUT2D eigenvalue weighted by Gasteiger charge is 2.18. The van der Waals surface area contributed by atoms with E-state index in [4.69, 9.17) is 0 Å². The zero-order valence-corrected chi connectivity index (χ0v) is 13.9. The van der Waals surface area contributed by atoms with E-state index >= 15 is 0 Å². The SMILES string of the molecule is C=C[C@H](c1ccc(I)cc1)N1CCNCC1.Cl.Cl. The van der Waals surface area contributed by atoms with Gasteiger partial charge in [-0.1, -0.05) is 18.2 Å². The fraction of sp³-hybridized carbons (Fsp3) is 0.385. The molecule has 1 fully saturated rings. The predicted molar refractivity (Wildman–Crippen MR) is 91.0 cm³/mol. The van der Waals surface area contributed by atoms with Crippen LogP contribution in [0.3, 0.4) is 0 Å². The maximum absolute atomic E-state index is 3.97. The molecule has 102 valence electrons. The first-order valence-corrected chi connectivity index (χ1v) is 6.72. The van der Waals surface area contributed by atoms with Crippen LogP contribution in [0.1, 0.15) is 11.6 Å². The monoisotopic (exact) mass is 400 g/mol. The molecule has 0 amide bonds. The fourth-order valence-corrected chi connectivity index (χ4v) is 2.48. The van der Waals surface area contributed by atoms with Crippen molar-refractivity contribution in [1.29, 1.82) is 0 Å². The summed E-state index contributed by atoms with van der Waals surface area (Å²) < 4.78 is 1.28. The number of nitrogens with zero attached hydrogens (tertiary/aromatic N) is 1. The molecule has 1 aromatic rings. The summed E-state index contributed by atoms with van der Waals surface area (Å²) in [4.78, 5) is 2.48. The largest absolute Gasteiger partial charge is 0.314 e. The molecule has 0 unspecified atom stereocenters. The second kappa shape index (κ2) is 9.15. The van der Waals surface area contributed by atoms with Gasteiger partial charge in [0.2, 0.25) is 0 Å². The van der Waals surface area contributed by atoms with Gasteiger partial charge in [-0.3, -0.25) is 4.90 Å². The maximum Gasteiger partial charge on any atom is 0.0529 e. The molecule has 5 heteroatoms. The Labute approximate surface area is 135 Å². The van der Waals surface area contributed by atoms with Gasteiger partial charge >= 0.3 is 0 Å². The zero-order chi connectivity index (χ0) is 11.4. The molecule has 18 heavy (non-hydrogen) atoms. The fourth-order valence-electron chi connectivity index (χ4n) is 2.12. The minimum absolute atomic E-state index is 0. The van der Waals surface area contributed by atoms with Gasteiger partial charge in [0.25, 0.3) is 0 Å². The van der Waals surface area contributed by atoms with Crippen LogP contribution in [0.5, 0.6) is 0 Å². The average Bonchev–Trinajstić information content (AvgIpc) is 2.34. The first-order chi connectivity index (χ1) is 7.81. The van der Waals surface area contributed by atoms with E-state index in [-0.39, 0.29) is 24.8 Å². The van der Waals surface area contributed by atoms with E-state index in [0.717, 1.165) is 26.2 Å². The van der Waals surface area contributed by atoms with E-state index in [1.807, 2.05) is 6.08 Å². The number of halogens is 3. The molecule has 1 aliphatic heterocycles. The van der Waals surface area contributed by atoms with E-state index in [0.29, 0.717) is 6.04 Å². The summed E-state index contributed by atoms with van der Waals surface area (Å²) in [7, 11) is 0. The Morgan fingerprint density at radius 3 is 2.22 bits per heavy atom. The third-order valence-electron chi connectivity index (χ3n) is 2.98. The number of rotatable bonds is 3. The highest BCUT2D eigenvalue weighted by atomic mass is 127. The van der Waals surface area contributed by atoms with Crippen LogP contribution in [0.2, 0.25) is 0 Å². The van der Waals surface area contributed by atoms with Crippen LogP contribution in [0.15, 0.2) is 36.9 Å². The Morgan fingerprint density at radius 1 is 1.17 bits per heavy atom. The summed E-state index contributed by atoms with van der Waals surface area (Å²) in [5.74, 6) is 0. The summed E-state index contributed by atoms with van der Waals surface area (Å²) in [6.07, 6.45) is 2.05. The van der Waals surface area contributed by atoms with E-state index in [2.05, 4.69) is 63.7 Å². The Kier molecular flexibility index (Phi) is 9.25. The second-order valence-corrected chi connectivity index (χ2v) is 5.26. The van der Waals surface area contributed by atoms with Crippen LogP contribution in [-0.4, -0.2) is 31.1 Å². The van der Waals surface area contributed by atoms with Crippen molar-refractivity contribution in [3.05, 3.63) is 46.1 Å². The topological polar surface area (TPSA) is 15.3 Å². The average molecular weight is 401 g/mol. The quantitative estimate of drug-likeness (QED) is 0.618. The van der Waals surface area contributed by atoms with Gasteiger partial charge in [-0.15, -0.1) is 31.4 Å². The number of benzene rings is 1. The van der Waals surface area contributed by atoms with Crippen LogP contribution >= 0.6 is 47.4 Å². The Balaban J connectivity index is 0.00000144. The van der Waals surface area contributed by atoms with E-state index < -0.39 is 0 Å². The van der Waals surface area contributed by atoms with Gasteiger partial charge in [-0.25, -0.2) is 0 Å². The van der Waals surface area contributed by atoms with Crippen LogP contribution in [-0.2, 0) is 0 Å². The molecule has 1 aliphatic rings. The molecule has 0 aromatic heterocycles. The van der Waals surface area contributed by atoms with Crippen molar-refractivity contribution in [3.8, 4) is 0 Å².